The predicted octanol–water partition coefficient (Wildman–Crippen LogP) is 5.04. The van der Waals surface area contributed by atoms with E-state index in [9.17, 15) is 14.0 Å². The fourth-order valence-electron chi connectivity index (χ4n) is 3.07. The van der Waals surface area contributed by atoms with Gasteiger partial charge in [0, 0.05) is 11.8 Å². The van der Waals surface area contributed by atoms with E-state index in [0.717, 1.165) is 0 Å². The lowest BCUT2D eigenvalue weighted by molar-refractivity contribution is 0.0600. The number of anilines is 1. The maximum atomic E-state index is 13.9. The zero-order valence-electron chi connectivity index (χ0n) is 18.0. The normalized spacial score (nSPS) is 10.7. The lowest BCUT2D eigenvalue weighted by atomic mass is 10.2. The number of rotatable bonds is 8. The molecule has 0 saturated heterocycles. The van der Waals surface area contributed by atoms with E-state index in [2.05, 4.69) is 31.1 Å². The molecule has 34 heavy (non-hydrogen) atoms. The number of benzene rings is 2. The monoisotopic (exact) mass is 527 g/mol. The number of furan rings is 1. The summed E-state index contributed by atoms with van der Waals surface area (Å²) >= 11 is 3.35. The van der Waals surface area contributed by atoms with Crippen LogP contribution < -0.4 is 10.1 Å². The van der Waals surface area contributed by atoms with Gasteiger partial charge in [0.2, 0.25) is 0 Å². The maximum absolute atomic E-state index is 13.9. The molecule has 0 spiro atoms. The summed E-state index contributed by atoms with van der Waals surface area (Å²) < 4.78 is 31.8. The van der Waals surface area contributed by atoms with E-state index in [4.69, 9.17) is 9.15 Å². The predicted molar refractivity (Wildman–Crippen MR) is 124 cm³/mol. The van der Waals surface area contributed by atoms with Crippen LogP contribution in [0, 0.1) is 5.82 Å². The van der Waals surface area contributed by atoms with Crippen LogP contribution in [0.4, 0.5) is 10.2 Å². The number of carbonyl (C=O) groups excluding carboxylic acids is 2. The van der Waals surface area contributed by atoms with E-state index in [1.807, 2.05) is 0 Å². The second-order valence-electron chi connectivity index (χ2n) is 7.14. The van der Waals surface area contributed by atoms with E-state index in [-0.39, 0.29) is 30.5 Å². The lowest BCUT2D eigenvalue weighted by Crippen LogP contribution is -2.12. The molecule has 174 valence electrons. The summed E-state index contributed by atoms with van der Waals surface area (Å²) in [5, 5.41) is 6.96. The van der Waals surface area contributed by atoms with Gasteiger partial charge in [0.1, 0.15) is 23.9 Å². The second-order valence-corrected chi connectivity index (χ2v) is 7.99. The number of ether oxygens (including phenoxy) is 2. The summed E-state index contributed by atoms with van der Waals surface area (Å²) in [6, 6.07) is 16.0. The Morgan fingerprint density at radius 3 is 2.62 bits per heavy atom. The van der Waals surface area contributed by atoms with Gasteiger partial charge in [-0.3, -0.25) is 9.48 Å². The van der Waals surface area contributed by atoms with Crippen molar-refractivity contribution < 1.29 is 27.9 Å². The van der Waals surface area contributed by atoms with Crippen molar-refractivity contribution in [2.75, 3.05) is 12.4 Å². The maximum Gasteiger partial charge on any atom is 0.337 e. The van der Waals surface area contributed by atoms with Gasteiger partial charge in [0.05, 0.1) is 23.7 Å². The van der Waals surface area contributed by atoms with E-state index in [0.29, 0.717) is 27.1 Å². The number of halogens is 2. The van der Waals surface area contributed by atoms with Crippen molar-refractivity contribution in [3.63, 3.8) is 0 Å². The summed E-state index contributed by atoms with van der Waals surface area (Å²) in [6.07, 6.45) is 1.65. The first-order valence-electron chi connectivity index (χ1n) is 10.1. The van der Waals surface area contributed by atoms with Crippen LogP contribution in [0.1, 0.15) is 32.2 Å². The first-order chi connectivity index (χ1) is 16.4. The minimum Gasteiger partial charge on any atom is -0.486 e. The van der Waals surface area contributed by atoms with Crippen molar-refractivity contribution in [3.8, 4) is 5.75 Å². The summed E-state index contributed by atoms with van der Waals surface area (Å²) in [6.45, 7) is 0.301. The zero-order valence-corrected chi connectivity index (χ0v) is 19.5. The smallest absolute Gasteiger partial charge is 0.337 e. The molecule has 0 aliphatic heterocycles. The number of amides is 1. The molecular weight excluding hydrogens is 509 g/mol. The fourth-order valence-corrected chi connectivity index (χ4v) is 3.48. The molecule has 4 rings (SSSR count). The molecule has 2 aromatic carbocycles. The van der Waals surface area contributed by atoms with Gasteiger partial charge >= 0.3 is 5.97 Å². The van der Waals surface area contributed by atoms with Gasteiger partial charge < -0.3 is 19.2 Å². The van der Waals surface area contributed by atoms with Gasteiger partial charge in [-0.2, -0.15) is 5.10 Å². The van der Waals surface area contributed by atoms with E-state index in [1.165, 1.54) is 23.9 Å². The van der Waals surface area contributed by atoms with Crippen molar-refractivity contribution in [2.24, 2.45) is 0 Å². The van der Waals surface area contributed by atoms with Crippen LogP contribution in [-0.2, 0) is 17.9 Å². The molecule has 0 radical (unpaired) electrons. The van der Waals surface area contributed by atoms with E-state index >= 15 is 0 Å². The molecule has 0 unspecified atom stereocenters. The Bertz CT molecular complexity index is 1320. The van der Waals surface area contributed by atoms with Crippen molar-refractivity contribution >= 4 is 33.6 Å². The highest BCUT2D eigenvalue weighted by molar-refractivity contribution is 9.10. The Labute approximate surface area is 202 Å². The molecule has 2 aromatic heterocycles. The Morgan fingerprint density at radius 1 is 1.12 bits per heavy atom. The molecule has 1 amide bonds. The van der Waals surface area contributed by atoms with Crippen molar-refractivity contribution in [1.29, 1.82) is 0 Å². The average Bonchev–Trinajstić information content (AvgIpc) is 3.45. The van der Waals surface area contributed by atoms with Crippen LogP contribution in [0.25, 0.3) is 0 Å². The number of aromatic nitrogens is 2. The molecule has 0 bridgehead atoms. The summed E-state index contributed by atoms with van der Waals surface area (Å²) in [7, 11) is 1.31. The number of nitrogens with one attached hydrogen (secondary N) is 1. The summed E-state index contributed by atoms with van der Waals surface area (Å²) in [5.41, 5.74) is 0.889. The van der Waals surface area contributed by atoms with E-state index < -0.39 is 11.9 Å². The Kier molecular flexibility index (Phi) is 7.07. The van der Waals surface area contributed by atoms with Crippen LogP contribution in [-0.4, -0.2) is 28.8 Å². The Morgan fingerprint density at radius 2 is 1.88 bits per heavy atom. The van der Waals surface area contributed by atoms with Gasteiger partial charge in [-0.15, -0.1) is 0 Å². The number of hydrogen-bond acceptors (Lipinski definition) is 6. The third-order valence-corrected chi connectivity index (χ3v) is 5.36. The quantitative estimate of drug-likeness (QED) is 0.322. The highest BCUT2D eigenvalue weighted by atomic mass is 79.9. The first-order valence-corrected chi connectivity index (χ1v) is 10.9. The first kappa shape index (κ1) is 23.2. The number of hydrogen-bond donors (Lipinski definition) is 1. The van der Waals surface area contributed by atoms with Crippen LogP contribution in [0.2, 0.25) is 0 Å². The number of methoxy groups -OCH3 is 1. The van der Waals surface area contributed by atoms with Crippen molar-refractivity contribution in [3.05, 3.63) is 99.8 Å². The number of esters is 1. The third-order valence-electron chi connectivity index (χ3n) is 4.78. The molecule has 2 heterocycles. The average molecular weight is 528 g/mol. The third kappa shape index (κ3) is 5.52. The Balaban J connectivity index is 1.35. The van der Waals surface area contributed by atoms with Gasteiger partial charge in [0.15, 0.2) is 11.6 Å². The van der Waals surface area contributed by atoms with Crippen LogP contribution >= 0.6 is 15.9 Å². The minimum atomic E-state index is -0.495. The zero-order chi connectivity index (χ0) is 24.1. The lowest BCUT2D eigenvalue weighted by Gasteiger charge is -2.05. The largest absolute Gasteiger partial charge is 0.486 e. The standard InChI is InChI=1S/C24H19BrFN3O5/c1-32-24(31)15-6-8-17(9-7-15)33-14-18-10-11-21(34-18)23(30)27-22-19(25)13-29(28-22)12-16-4-2-3-5-20(16)26/h2-11,13H,12,14H2,1H3,(H,27,28,30). The molecule has 0 fully saturated rings. The molecule has 8 nitrogen and oxygen atoms in total. The molecule has 0 aliphatic rings. The van der Waals surface area contributed by atoms with Crippen LogP contribution in [0.3, 0.4) is 0 Å². The molecular formula is C24H19BrFN3O5. The molecule has 0 saturated carbocycles. The van der Waals surface area contributed by atoms with Gasteiger partial charge in [-0.05, 0) is 58.4 Å². The topological polar surface area (TPSA) is 95.6 Å². The summed E-state index contributed by atoms with van der Waals surface area (Å²) in [5.74, 6) is 0.0639. The fraction of sp³-hybridized carbons (Fsp3) is 0.125. The molecule has 4 aromatic rings. The van der Waals surface area contributed by atoms with E-state index in [1.54, 1.807) is 54.7 Å². The van der Waals surface area contributed by atoms with Gasteiger partial charge in [-0.25, -0.2) is 9.18 Å². The van der Waals surface area contributed by atoms with Crippen molar-refractivity contribution in [2.45, 2.75) is 13.2 Å². The molecule has 0 aliphatic carbocycles. The second kappa shape index (κ2) is 10.3. The molecule has 10 heteroatoms. The number of carbonyl (C=O) groups is 2. The van der Waals surface area contributed by atoms with Crippen LogP contribution in [0.5, 0.6) is 5.75 Å². The highest BCUT2D eigenvalue weighted by Crippen LogP contribution is 2.23. The van der Waals surface area contributed by atoms with Gasteiger partial charge in [0.25, 0.3) is 5.91 Å². The van der Waals surface area contributed by atoms with Gasteiger partial charge in [-0.1, -0.05) is 18.2 Å². The van der Waals surface area contributed by atoms with Crippen molar-refractivity contribution in [1.82, 2.24) is 9.78 Å². The highest BCUT2D eigenvalue weighted by Gasteiger charge is 2.16. The molecule has 1 N–H and O–H groups in total. The van der Waals surface area contributed by atoms with Crippen LogP contribution in [0.15, 0.2) is 75.8 Å². The number of nitrogens with zero attached hydrogens (tertiary/aromatic N) is 2. The molecule has 0 atom stereocenters. The minimum absolute atomic E-state index is 0.0789. The SMILES string of the molecule is COC(=O)c1ccc(OCc2ccc(C(=O)Nc3nn(Cc4ccccc4F)cc3Br)o2)cc1. The Hall–Kier alpha value is -3.92. The summed E-state index contributed by atoms with van der Waals surface area (Å²) in [4.78, 5) is 24.1.